The van der Waals surface area contributed by atoms with E-state index in [2.05, 4.69) is 15.2 Å². The van der Waals surface area contributed by atoms with Gasteiger partial charge in [-0.1, -0.05) is 0 Å². The molecular formula is C20H25FN6O3. The topological polar surface area (TPSA) is 86.8 Å². The first-order valence-corrected chi connectivity index (χ1v) is 9.77. The van der Waals surface area contributed by atoms with Crippen LogP contribution in [0.5, 0.6) is 5.88 Å². The van der Waals surface area contributed by atoms with E-state index < -0.39 is 11.5 Å². The Bertz CT molecular complexity index is 1080. The second kappa shape index (κ2) is 7.26. The van der Waals surface area contributed by atoms with Crippen molar-refractivity contribution in [2.24, 2.45) is 7.05 Å². The standard InChI is InChI=1S/C20H25FN6O3/c1-20(2,3)30-19(28)26(5)13-8-14(9-13)29-18-15-6-7-22-27(15)17(21)16(24-18)12-10-23-25(4)11-12/h6-7,10-11,13-14H,8-9H2,1-5H3/t13-,14+. The molecule has 0 saturated heterocycles. The lowest BCUT2D eigenvalue weighted by Crippen LogP contribution is -2.51. The summed E-state index contributed by atoms with van der Waals surface area (Å²) in [5, 5.41) is 8.13. The lowest BCUT2D eigenvalue weighted by atomic mass is 9.88. The summed E-state index contributed by atoms with van der Waals surface area (Å²) in [6.45, 7) is 5.51. The Morgan fingerprint density at radius 3 is 2.67 bits per heavy atom. The van der Waals surface area contributed by atoms with Crippen LogP contribution in [0.1, 0.15) is 33.6 Å². The number of rotatable bonds is 4. The monoisotopic (exact) mass is 416 g/mol. The third kappa shape index (κ3) is 3.81. The average molecular weight is 416 g/mol. The van der Waals surface area contributed by atoms with E-state index in [-0.39, 0.29) is 23.9 Å². The second-order valence-corrected chi connectivity index (χ2v) is 8.54. The van der Waals surface area contributed by atoms with Crippen LogP contribution in [0.25, 0.3) is 16.8 Å². The molecule has 0 aliphatic heterocycles. The zero-order valence-electron chi connectivity index (χ0n) is 17.7. The summed E-state index contributed by atoms with van der Waals surface area (Å²) < 4.78 is 29.1. The van der Waals surface area contributed by atoms with Gasteiger partial charge in [-0.15, -0.1) is 0 Å². The maximum absolute atomic E-state index is 14.9. The van der Waals surface area contributed by atoms with E-state index in [0.29, 0.717) is 29.8 Å². The summed E-state index contributed by atoms with van der Waals surface area (Å²) in [4.78, 5) is 18.2. The lowest BCUT2D eigenvalue weighted by molar-refractivity contribution is -0.00941. The molecule has 3 aromatic rings. The molecule has 0 unspecified atom stereocenters. The van der Waals surface area contributed by atoms with Crippen LogP contribution < -0.4 is 4.74 Å². The Morgan fingerprint density at radius 2 is 2.03 bits per heavy atom. The van der Waals surface area contributed by atoms with E-state index in [9.17, 15) is 9.18 Å². The van der Waals surface area contributed by atoms with E-state index in [1.165, 1.54) is 10.7 Å². The SMILES string of the molecule is Cn1cc(-c2nc(O[C@H]3C[C@@H](N(C)C(=O)OC(C)(C)C)C3)c3ccnn3c2F)cn1. The molecule has 9 nitrogen and oxygen atoms in total. The first kappa shape index (κ1) is 20.1. The molecule has 1 aliphatic carbocycles. The third-order valence-electron chi connectivity index (χ3n) is 5.01. The molecule has 3 heterocycles. The maximum atomic E-state index is 14.9. The van der Waals surface area contributed by atoms with Crippen molar-refractivity contribution in [2.75, 3.05) is 7.05 Å². The molecule has 4 rings (SSSR count). The van der Waals surface area contributed by atoms with Crippen molar-refractivity contribution in [3.8, 4) is 17.1 Å². The fraction of sp³-hybridized carbons (Fsp3) is 0.500. The highest BCUT2D eigenvalue weighted by molar-refractivity contribution is 5.68. The summed E-state index contributed by atoms with van der Waals surface area (Å²) in [5.41, 5.74) is 0.563. The summed E-state index contributed by atoms with van der Waals surface area (Å²) in [6.07, 6.45) is 5.50. The minimum absolute atomic E-state index is 0.0176. The van der Waals surface area contributed by atoms with Crippen molar-refractivity contribution < 1.29 is 18.7 Å². The molecule has 0 aromatic carbocycles. The minimum atomic E-state index is -0.577. The largest absolute Gasteiger partial charge is 0.473 e. The molecule has 0 spiro atoms. The summed E-state index contributed by atoms with van der Waals surface area (Å²) in [5.74, 6) is -0.275. The molecule has 10 heteroatoms. The van der Waals surface area contributed by atoms with E-state index in [4.69, 9.17) is 9.47 Å². The lowest BCUT2D eigenvalue weighted by Gasteiger charge is -2.40. The second-order valence-electron chi connectivity index (χ2n) is 8.54. The smallest absolute Gasteiger partial charge is 0.410 e. The van der Waals surface area contributed by atoms with Gasteiger partial charge in [0.05, 0.1) is 12.4 Å². The van der Waals surface area contributed by atoms with Gasteiger partial charge < -0.3 is 14.4 Å². The first-order valence-electron chi connectivity index (χ1n) is 9.77. The molecule has 1 aliphatic rings. The Kier molecular flexibility index (Phi) is 4.87. The molecule has 1 saturated carbocycles. The predicted octanol–water partition coefficient (Wildman–Crippen LogP) is 3.05. The quantitative estimate of drug-likeness (QED) is 0.650. The van der Waals surface area contributed by atoms with E-state index >= 15 is 0 Å². The number of nitrogens with zero attached hydrogens (tertiary/aromatic N) is 6. The van der Waals surface area contributed by atoms with Crippen molar-refractivity contribution in [2.45, 2.75) is 51.4 Å². The van der Waals surface area contributed by atoms with Crippen molar-refractivity contribution in [1.82, 2.24) is 29.3 Å². The summed E-state index contributed by atoms with van der Waals surface area (Å²) in [6, 6.07) is 1.67. The zero-order valence-corrected chi connectivity index (χ0v) is 17.7. The Balaban J connectivity index is 1.50. The Morgan fingerprint density at radius 1 is 1.30 bits per heavy atom. The van der Waals surface area contributed by atoms with Crippen molar-refractivity contribution in [3.05, 3.63) is 30.6 Å². The molecule has 0 atom stereocenters. The first-order chi connectivity index (χ1) is 14.1. The Labute approximate surface area is 173 Å². The molecular weight excluding hydrogens is 391 g/mol. The maximum Gasteiger partial charge on any atom is 0.410 e. The average Bonchev–Trinajstić information content (AvgIpc) is 3.27. The van der Waals surface area contributed by atoms with E-state index in [1.54, 1.807) is 42.1 Å². The van der Waals surface area contributed by atoms with Gasteiger partial charge >= 0.3 is 6.09 Å². The van der Waals surface area contributed by atoms with Crippen LogP contribution in [0.15, 0.2) is 24.7 Å². The molecule has 3 aromatic heterocycles. The van der Waals surface area contributed by atoms with Gasteiger partial charge in [-0.3, -0.25) is 4.68 Å². The zero-order chi connectivity index (χ0) is 21.6. The van der Waals surface area contributed by atoms with Crippen LogP contribution in [-0.2, 0) is 11.8 Å². The number of fused-ring (bicyclic) bond motifs is 1. The number of hydrogen-bond donors (Lipinski definition) is 0. The van der Waals surface area contributed by atoms with Crippen LogP contribution >= 0.6 is 0 Å². The minimum Gasteiger partial charge on any atom is -0.473 e. The van der Waals surface area contributed by atoms with Gasteiger partial charge in [0, 0.05) is 44.7 Å². The van der Waals surface area contributed by atoms with Crippen LogP contribution in [0.2, 0.25) is 0 Å². The molecule has 0 radical (unpaired) electrons. The fourth-order valence-electron chi connectivity index (χ4n) is 3.33. The Hall–Kier alpha value is -3.17. The number of carbonyl (C=O) groups is 1. The summed E-state index contributed by atoms with van der Waals surface area (Å²) >= 11 is 0. The van der Waals surface area contributed by atoms with Gasteiger partial charge in [0.15, 0.2) is 0 Å². The number of hydrogen-bond acceptors (Lipinski definition) is 6. The van der Waals surface area contributed by atoms with Gasteiger partial charge in [-0.25, -0.2) is 9.78 Å². The van der Waals surface area contributed by atoms with Gasteiger partial charge in [0.25, 0.3) is 0 Å². The van der Waals surface area contributed by atoms with E-state index in [0.717, 1.165) is 0 Å². The highest BCUT2D eigenvalue weighted by atomic mass is 19.1. The van der Waals surface area contributed by atoms with Gasteiger partial charge in [0.2, 0.25) is 11.8 Å². The number of carbonyl (C=O) groups excluding carboxylic acids is 1. The van der Waals surface area contributed by atoms with Crippen LogP contribution in [0, 0.1) is 5.95 Å². The predicted molar refractivity (Wildman–Crippen MR) is 107 cm³/mol. The molecule has 160 valence electrons. The number of halogens is 1. The number of aryl methyl sites for hydroxylation is 1. The van der Waals surface area contributed by atoms with Crippen molar-refractivity contribution in [1.29, 1.82) is 0 Å². The van der Waals surface area contributed by atoms with Crippen molar-refractivity contribution in [3.63, 3.8) is 0 Å². The van der Waals surface area contributed by atoms with Crippen LogP contribution in [0.4, 0.5) is 9.18 Å². The normalized spacial score (nSPS) is 18.9. The number of amides is 1. The fourth-order valence-corrected chi connectivity index (χ4v) is 3.33. The van der Waals surface area contributed by atoms with Crippen LogP contribution in [0.3, 0.4) is 0 Å². The molecule has 1 amide bonds. The van der Waals surface area contributed by atoms with Gasteiger partial charge in [-0.2, -0.15) is 19.1 Å². The summed E-state index contributed by atoms with van der Waals surface area (Å²) in [7, 11) is 3.47. The molecule has 30 heavy (non-hydrogen) atoms. The third-order valence-corrected chi connectivity index (χ3v) is 5.01. The van der Waals surface area contributed by atoms with Gasteiger partial charge in [-0.05, 0) is 26.8 Å². The van der Waals surface area contributed by atoms with Gasteiger partial charge in [0.1, 0.15) is 22.9 Å². The highest BCUT2D eigenvalue weighted by Gasteiger charge is 2.38. The number of aromatic nitrogens is 5. The van der Waals surface area contributed by atoms with E-state index in [1.807, 2.05) is 20.8 Å². The number of ether oxygens (including phenoxy) is 2. The van der Waals surface area contributed by atoms with Crippen molar-refractivity contribution >= 4 is 11.6 Å². The molecule has 1 fully saturated rings. The highest BCUT2D eigenvalue weighted by Crippen LogP contribution is 2.33. The van der Waals surface area contributed by atoms with Crippen LogP contribution in [-0.4, -0.2) is 60.2 Å². The molecule has 0 N–H and O–H groups in total. The molecule has 0 bridgehead atoms.